The van der Waals surface area contributed by atoms with Crippen LogP contribution < -0.4 is 5.73 Å². The van der Waals surface area contributed by atoms with Gasteiger partial charge in [-0.05, 0) is 42.4 Å². The number of thiophene rings is 1. The molecule has 2 heterocycles. The van der Waals surface area contributed by atoms with Crippen LogP contribution in [-0.2, 0) is 0 Å². The van der Waals surface area contributed by atoms with Crippen molar-refractivity contribution >= 4 is 27.3 Å². The molecule has 1 fully saturated rings. The zero-order valence-electron chi connectivity index (χ0n) is 8.46. The average Bonchev–Trinajstić information content (AvgIpc) is 2.59. The van der Waals surface area contributed by atoms with Crippen molar-refractivity contribution in [2.24, 2.45) is 5.73 Å². The minimum atomic E-state index is 0.296. The number of hydrogen-bond acceptors (Lipinski definition) is 3. The van der Waals surface area contributed by atoms with E-state index >= 15 is 0 Å². The largest absolute Gasteiger partial charge is 0.326 e. The van der Waals surface area contributed by atoms with Crippen LogP contribution in [0.25, 0.3) is 0 Å². The number of nitrogens with two attached hydrogens (primary N) is 1. The van der Waals surface area contributed by atoms with Crippen molar-refractivity contribution < 1.29 is 0 Å². The predicted octanol–water partition coefficient (Wildman–Crippen LogP) is 2.52. The number of likely N-dealkylation sites (N-methyl/N-ethyl adjacent to an activating group) is 1. The van der Waals surface area contributed by atoms with Crippen molar-refractivity contribution in [3.05, 3.63) is 20.3 Å². The molecular formula is C10H15BrN2S. The van der Waals surface area contributed by atoms with Crippen LogP contribution in [0.15, 0.2) is 10.5 Å². The number of hydrogen-bond donors (Lipinski definition) is 1. The van der Waals surface area contributed by atoms with E-state index < -0.39 is 0 Å². The molecule has 0 aromatic carbocycles. The second-order valence-corrected chi connectivity index (χ2v) is 6.07. The molecule has 2 unspecified atom stereocenters. The molecule has 0 amide bonds. The molecule has 4 heteroatoms. The molecule has 0 aliphatic carbocycles. The Labute approximate surface area is 97.2 Å². The van der Waals surface area contributed by atoms with Crippen molar-refractivity contribution in [2.75, 3.05) is 13.6 Å². The summed E-state index contributed by atoms with van der Waals surface area (Å²) in [4.78, 5) is 5.08. The Hall–Kier alpha value is 0.100. The van der Waals surface area contributed by atoms with Gasteiger partial charge in [-0.2, -0.15) is 0 Å². The summed E-state index contributed by atoms with van der Waals surface area (Å²) < 4.78 is 1.21. The molecule has 1 aliphatic heterocycles. The molecule has 0 spiro atoms. The first-order valence-electron chi connectivity index (χ1n) is 4.81. The summed E-state index contributed by atoms with van der Waals surface area (Å²) in [5.74, 6) is 0. The highest BCUT2D eigenvalue weighted by atomic mass is 79.9. The third kappa shape index (κ3) is 1.76. The first-order valence-corrected chi connectivity index (χ1v) is 6.42. The first-order chi connectivity index (χ1) is 6.59. The summed E-state index contributed by atoms with van der Waals surface area (Å²) in [6.45, 7) is 3.25. The zero-order valence-corrected chi connectivity index (χ0v) is 10.9. The maximum Gasteiger partial charge on any atom is 0.0592 e. The van der Waals surface area contributed by atoms with E-state index in [0.717, 1.165) is 13.0 Å². The monoisotopic (exact) mass is 274 g/mol. The maximum atomic E-state index is 6.11. The van der Waals surface area contributed by atoms with Crippen LogP contribution in [0, 0.1) is 6.92 Å². The highest BCUT2D eigenvalue weighted by molar-refractivity contribution is 9.10. The number of rotatable bonds is 1. The lowest BCUT2D eigenvalue weighted by Gasteiger charge is -2.21. The Balaban J connectivity index is 2.29. The predicted molar refractivity (Wildman–Crippen MR) is 64.7 cm³/mol. The highest BCUT2D eigenvalue weighted by Crippen LogP contribution is 2.37. The van der Waals surface area contributed by atoms with E-state index in [-0.39, 0.29) is 0 Å². The van der Waals surface area contributed by atoms with Crippen molar-refractivity contribution in [1.29, 1.82) is 0 Å². The Morgan fingerprint density at radius 2 is 2.36 bits per heavy atom. The summed E-state index contributed by atoms with van der Waals surface area (Å²) in [7, 11) is 2.15. The molecule has 2 rings (SSSR count). The molecule has 2 atom stereocenters. The van der Waals surface area contributed by atoms with E-state index in [1.54, 1.807) is 0 Å². The standard InChI is InChI=1S/C10H15BrN2S/c1-6-7(11)5-9(14-6)10-8(12)3-4-13(10)2/h5,8,10H,3-4,12H2,1-2H3. The SMILES string of the molecule is Cc1sc(C2C(N)CCN2C)cc1Br. The highest BCUT2D eigenvalue weighted by Gasteiger charge is 2.31. The van der Waals surface area contributed by atoms with Crippen LogP contribution in [0.2, 0.25) is 0 Å². The van der Waals surface area contributed by atoms with E-state index in [2.05, 4.69) is 40.9 Å². The van der Waals surface area contributed by atoms with E-state index in [0.29, 0.717) is 12.1 Å². The van der Waals surface area contributed by atoms with E-state index in [4.69, 9.17) is 5.73 Å². The Morgan fingerprint density at radius 3 is 2.79 bits per heavy atom. The van der Waals surface area contributed by atoms with Gasteiger partial charge in [-0.15, -0.1) is 11.3 Å². The molecule has 0 bridgehead atoms. The third-order valence-corrected chi connectivity index (χ3v) is 5.07. The molecule has 14 heavy (non-hydrogen) atoms. The van der Waals surface area contributed by atoms with Crippen LogP contribution in [0.5, 0.6) is 0 Å². The first kappa shape index (κ1) is 10.6. The fourth-order valence-corrected chi connectivity index (χ4v) is 3.84. The van der Waals surface area contributed by atoms with Gasteiger partial charge in [-0.3, -0.25) is 4.90 Å². The number of likely N-dealkylation sites (tertiary alicyclic amines) is 1. The van der Waals surface area contributed by atoms with Crippen LogP contribution in [-0.4, -0.2) is 24.5 Å². The average molecular weight is 275 g/mol. The van der Waals surface area contributed by atoms with Crippen LogP contribution in [0.4, 0.5) is 0 Å². The molecule has 2 N–H and O–H groups in total. The quantitative estimate of drug-likeness (QED) is 0.853. The molecule has 1 aromatic heterocycles. The van der Waals surface area contributed by atoms with E-state index in [1.165, 1.54) is 14.2 Å². The van der Waals surface area contributed by atoms with Gasteiger partial charge in [0.25, 0.3) is 0 Å². The van der Waals surface area contributed by atoms with Gasteiger partial charge in [0.15, 0.2) is 0 Å². The summed E-state index contributed by atoms with van der Waals surface area (Å²) in [5, 5.41) is 0. The van der Waals surface area contributed by atoms with Gasteiger partial charge in [0, 0.05) is 26.8 Å². The van der Waals surface area contributed by atoms with Crippen LogP contribution in [0.3, 0.4) is 0 Å². The van der Waals surface area contributed by atoms with Gasteiger partial charge in [0.05, 0.1) is 6.04 Å². The topological polar surface area (TPSA) is 29.3 Å². The molecule has 0 saturated carbocycles. The minimum Gasteiger partial charge on any atom is -0.326 e. The summed E-state index contributed by atoms with van der Waals surface area (Å²) >= 11 is 5.40. The van der Waals surface area contributed by atoms with Crippen LogP contribution >= 0.6 is 27.3 Å². The fraction of sp³-hybridized carbons (Fsp3) is 0.600. The summed E-state index contributed by atoms with van der Waals surface area (Å²) in [6, 6.07) is 2.93. The lowest BCUT2D eigenvalue weighted by atomic mass is 10.1. The zero-order chi connectivity index (χ0) is 10.3. The van der Waals surface area contributed by atoms with Crippen LogP contribution in [0.1, 0.15) is 22.2 Å². The third-order valence-electron chi connectivity index (χ3n) is 2.86. The Kier molecular flexibility index (Phi) is 2.98. The van der Waals surface area contributed by atoms with Gasteiger partial charge in [0.2, 0.25) is 0 Å². The summed E-state index contributed by atoms with van der Waals surface area (Å²) in [6.07, 6.45) is 1.11. The molecular weight excluding hydrogens is 260 g/mol. The lowest BCUT2D eigenvalue weighted by molar-refractivity contribution is 0.308. The number of aryl methyl sites for hydroxylation is 1. The second kappa shape index (κ2) is 3.93. The van der Waals surface area contributed by atoms with Gasteiger partial charge >= 0.3 is 0 Å². The normalized spacial score (nSPS) is 28.6. The molecule has 78 valence electrons. The maximum absolute atomic E-state index is 6.11. The Bertz CT molecular complexity index is 307. The molecule has 1 saturated heterocycles. The van der Waals surface area contributed by atoms with Gasteiger partial charge in [0.1, 0.15) is 0 Å². The Morgan fingerprint density at radius 1 is 1.64 bits per heavy atom. The smallest absolute Gasteiger partial charge is 0.0592 e. The second-order valence-electron chi connectivity index (χ2n) is 3.93. The van der Waals surface area contributed by atoms with Crippen molar-refractivity contribution in [1.82, 2.24) is 4.90 Å². The van der Waals surface area contributed by atoms with Gasteiger partial charge in [-0.25, -0.2) is 0 Å². The van der Waals surface area contributed by atoms with E-state index in [1.807, 2.05) is 11.3 Å². The lowest BCUT2D eigenvalue weighted by Crippen LogP contribution is -2.28. The molecule has 1 aromatic rings. The molecule has 1 aliphatic rings. The van der Waals surface area contributed by atoms with Gasteiger partial charge in [-0.1, -0.05) is 0 Å². The van der Waals surface area contributed by atoms with Crippen molar-refractivity contribution in [3.8, 4) is 0 Å². The van der Waals surface area contributed by atoms with Gasteiger partial charge < -0.3 is 5.73 Å². The molecule has 2 nitrogen and oxygen atoms in total. The fourth-order valence-electron chi connectivity index (χ4n) is 2.03. The van der Waals surface area contributed by atoms with Crippen molar-refractivity contribution in [2.45, 2.75) is 25.4 Å². The number of nitrogens with zero attached hydrogens (tertiary/aromatic N) is 1. The van der Waals surface area contributed by atoms with Crippen molar-refractivity contribution in [3.63, 3.8) is 0 Å². The number of halogens is 1. The van der Waals surface area contributed by atoms with E-state index in [9.17, 15) is 0 Å². The summed E-state index contributed by atoms with van der Waals surface area (Å²) in [5.41, 5.74) is 6.11. The minimum absolute atomic E-state index is 0.296. The molecule has 0 radical (unpaired) electrons.